The van der Waals surface area contributed by atoms with Crippen LogP contribution in [0.4, 0.5) is 0 Å². The van der Waals surface area contributed by atoms with Crippen molar-refractivity contribution in [2.24, 2.45) is 5.73 Å². The summed E-state index contributed by atoms with van der Waals surface area (Å²) in [5, 5.41) is 9.53. The minimum Gasteiger partial charge on any atom is -0.378 e. The molecule has 1 aliphatic carbocycles. The average molecular weight is 170 g/mol. The van der Waals surface area contributed by atoms with Gasteiger partial charge in [0.2, 0.25) is 5.91 Å². The zero-order valence-electron chi connectivity index (χ0n) is 6.99. The van der Waals surface area contributed by atoms with E-state index in [9.17, 15) is 9.90 Å². The van der Waals surface area contributed by atoms with E-state index >= 15 is 0 Å². The van der Waals surface area contributed by atoms with Crippen molar-refractivity contribution in [1.29, 1.82) is 0 Å². The fourth-order valence-corrected chi connectivity index (χ4v) is 2.14. The quantitative estimate of drug-likeness (QED) is 0.582. The molecule has 2 aliphatic rings. The molecule has 0 aromatic heterocycles. The molecule has 2 rings (SSSR count). The Labute approximate surface area is 71.3 Å². The average Bonchev–Trinajstić information content (AvgIpc) is 2.70. The lowest BCUT2D eigenvalue weighted by Crippen LogP contribution is -2.43. The molecule has 0 bridgehead atoms. The molecule has 4 heteroatoms. The lowest BCUT2D eigenvalue weighted by atomic mass is 10.2. The van der Waals surface area contributed by atoms with Crippen molar-refractivity contribution in [2.45, 2.75) is 37.5 Å². The van der Waals surface area contributed by atoms with Crippen LogP contribution in [-0.2, 0) is 4.79 Å². The van der Waals surface area contributed by atoms with Crippen LogP contribution in [0, 0.1) is 0 Å². The normalized spacial score (nSPS) is 32.6. The molecule has 1 amide bonds. The molecule has 1 saturated carbocycles. The first-order valence-electron chi connectivity index (χ1n) is 4.37. The van der Waals surface area contributed by atoms with Gasteiger partial charge in [-0.2, -0.15) is 0 Å². The van der Waals surface area contributed by atoms with Crippen LogP contribution in [0.15, 0.2) is 0 Å². The van der Waals surface area contributed by atoms with Crippen LogP contribution in [0.5, 0.6) is 0 Å². The third-order valence-corrected chi connectivity index (χ3v) is 2.99. The second-order valence-corrected chi connectivity index (χ2v) is 3.84. The number of primary amides is 1. The predicted molar refractivity (Wildman–Crippen MR) is 43.1 cm³/mol. The highest BCUT2D eigenvalue weighted by molar-refractivity contribution is 5.76. The Morgan fingerprint density at radius 1 is 1.58 bits per heavy atom. The maximum absolute atomic E-state index is 10.7. The summed E-state index contributed by atoms with van der Waals surface area (Å²) in [5.41, 5.74) is 5.24. The van der Waals surface area contributed by atoms with E-state index in [2.05, 4.69) is 0 Å². The predicted octanol–water partition coefficient (Wildman–Crippen LogP) is -0.582. The number of carbonyl (C=O) groups excluding carboxylic acids is 1. The van der Waals surface area contributed by atoms with Crippen molar-refractivity contribution >= 4 is 5.91 Å². The summed E-state index contributed by atoms with van der Waals surface area (Å²) in [6.07, 6.45) is 3.57. The monoisotopic (exact) mass is 170 g/mol. The fraction of sp³-hybridized carbons (Fsp3) is 0.875. The number of amides is 1. The van der Waals surface area contributed by atoms with E-state index in [1.807, 2.05) is 4.90 Å². The maximum Gasteiger partial charge on any atom is 0.231 e. The Morgan fingerprint density at radius 2 is 2.25 bits per heavy atom. The molecule has 12 heavy (non-hydrogen) atoms. The summed E-state index contributed by atoms with van der Waals surface area (Å²) in [6, 6.07) is 0. The van der Waals surface area contributed by atoms with Gasteiger partial charge in [0.25, 0.3) is 0 Å². The van der Waals surface area contributed by atoms with Gasteiger partial charge in [-0.25, -0.2) is 0 Å². The van der Waals surface area contributed by atoms with Crippen LogP contribution in [-0.4, -0.2) is 34.2 Å². The van der Waals surface area contributed by atoms with Crippen molar-refractivity contribution in [3.63, 3.8) is 0 Å². The first-order chi connectivity index (χ1) is 5.64. The standard InChI is InChI=1S/C8H14N2O2/c9-6(11)5-10-7(12)1-2-8(10)3-4-8/h7,12H,1-5H2,(H2,9,11). The number of hydrogen-bond donors (Lipinski definition) is 2. The highest BCUT2D eigenvalue weighted by Crippen LogP contribution is 2.50. The number of likely N-dealkylation sites (tertiary alicyclic amines) is 1. The van der Waals surface area contributed by atoms with Crippen LogP contribution in [0.25, 0.3) is 0 Å². The topological polar surface area (TPSA) is 66.6 Å². The van der Waals surface area contributed by atoms with E-state index in [-0.39, 0.29) is 18.0 Å². The van der Waals surface area contributed by atoms with Crippen molar-refractivity contribution < 1.29 is 9.90 Å². The number of nitrogens with two attached hydrogens (primary N) is 1. The molecule has 1 unspecified atom stereocenters. The Balaban J connectivity index is 2.05. The first-order valence-corrected chi connectivity index (χ1v) is 4.37. The summed E-state index contributed by atoms with van der Waals surface area (Å²) in [5.74, 6) is -0.345. The summed E-state index contributed by atoms with van der Waals surface area (Å²) in [6.45, 7) is 0.209. The first kappa shape index (κ1) is 8.01. The molecule has 1 heterocycles. The zero-order valence-corrected chi connectivity index (χ0v) is 6.99. The van der Waals surface area contributed by atoms with Crippen LogP contribution < -0.4 is 5.73 Å². The van der Waals surface area contributed by atoms with Crippen LogP contribution in [0.2, 0.25) is 0 Å². The van der Waals surface area contributed by atoms with E-state index in [4.69, 9.17) is 5.73 Å². The summed E-state index contributed by atoms with van der Waals surface area (Å²) in [7, 11) is 0. The summed E-state index contributed by atoms with van der Waals surface area (Å²) < 4.78 is 0. The lowest BCUT2D eigenvalue weighted by molar-refractivity contribution is -0.122. The van der Waals surface area contributed by atoms with Crippen molar-refractivity contribution in [3.8, 4) is 0 Å². The van der Waals surface area contributed by atoms with Gasteiger partial charge in [0.05, 0.1) is 6.54 Å². The van der Waals surface area contributed by atoms with Gasteiger partial charge in [-0.05, 0) is 25.7 Å². The largest absolute Gasteiger partial charge is 0.378 e. The lowest BCUT2D eigenvalue weighted by Gasteiger charge is -2.25. The SMILES string of the molecule is NC(=O)CN1C(O)CCC12CC2. The molecule has 68 valence electrons. The Bertz CT molecular complexity index is 213. The highest BCUT2D eigenvalue weighted by Gasteiger charge is 2.54. The van der Waals surface area contributed by atoms with Gasteiger partial charge < -0.3 is 10.8 Å². The molecule has 0 radical (unpaired) electrons. The van der Waals surface area contributed by atoms with E-state index < -0.39 is 6.23 Å². The smallest absolute Gasteiger partial charge is 0.231 e. The van der Waals surface area contributed by atoms with Crippen molar-refractivity contribution in [1.82, 2.24) is 4.90 Å². The molecule has 4 nitrogen and oxygen atoms in total. The van der Waals surface area contributed by atoms with Gasteiger partial charge >= 0.3 is 0 Å². The number of rotatable bonds is 2. The molecule has 3 N–H and O–H groups in total. The molecule has 1 aliphatic heterocycles. The highest BCUT2D eigenvalue weighted by atomic mass is 16.3. The number of nitrogens with zero attached hydrogens (tertiary/aromatic N) is 1. The zero-order chi connectivity index (χ0) is 8.77. The molecule has 1 saturated heterocycles. The molecule has 1 atom stereocenters. The molecule has 1 spiro atoms. The van der Waals surface area contributed by atoms with E-state index in [1.54, 1.807) is 0 Å². The number of aliphatic hydroxyl groups excluding tert-OH is 1. The van der Waals surface area contributed by atoms with Crippen molar-refractivity contribution in [2.75, 3.05) is 6.54 Å². The Hall–Kier alpha value is -0.610. The van der Waals surface area contributed by atoms with E-state index in [1.165, 1.54) is 0 Å². The second-order valence-electron chi connectivity index (χ2n) is 3.84. The molecular weight excluding hydrogens is 156 g/mol. The summed E-state index contributed by atoms with van der Waals surface area (Å²) >= 11 is 0. The van der Waals surface area contributed by atoms with Crippen LogP contribution in [0.1, 0.15) is 25.7 Å². The third-order valence-electron chi connectivity index (χ3n) is 2.99. The number of hydrogen-bond acceptors (Lipinski definition) is 3. The molecule has 0 aromatic rings. The van der Waals surface area contributed by atoms with Gasteiger partial charge in [-0.15, -0.1) is 0 Å². The van der Waals surface area contributed by atoms with Crippen LogP contribution in [0.3, 0.4) is 0 Å². The van der Waals surface area contributed by atoms with Gasteiger partial charge in [0, 0.05) is 5.54 Å². The van der Waals surface area contributed by atoms with E-state index in [0.29, 0.717) is 0 Å². The second kappa shape index (κ2) is 2.44. The number of carbonyl (C=O) groups is 1. The summed E-state index contributed by atoms with van der Waals surface area (Å²) in [4.78, 5) is 12.5. The maximum atomic E-state index is 10.7. The van der Waals surface area contributed by atoms with Gasteiger partial charge in [0.15, 0.2) is 0 Å². The minimum atomic E-state index is -0.444. The van der Waals surface area contributed by atoms with E-state index in [0.717, 1.165) is 25.7 Å². The van der Waals surface area contributed by atoms with Crippen molar-refractivity contribution in [3.05, 3.63) is 0 Å². The molecule has 0 aromatic carbocycles. The minimum absolute atomic E-state index is 0.147. The van der Waals surface area contributed by atoms with Crippen LogP contribution >= 0.6 is 0 Å². The Morgan fingerprint density at radius 3 is 2.75 bits per heavy atom. The van der Waals surface area contributed by atoms with Gasteiger partial charge in [0.1, 0.15) is 6.23 Å². The fourth-order valence-electron chi connectivity index (χ4n) is 2.14. The van der Waals surface area contributed by atoms with Gasteiger partial charge in [-0.3, -0.25) is 9.69 Å². The van der Waals surface area contributed by atoms with Gasteiger partial charge in [-0.1, -0.05) is 0 Å². The number of aliphatic hydroxyl groups is 1. The Kier molecular flexibility index (Phi) is 1.63. The third kappa shape index (κ3) is 1.11. The molecular formula is C8H14N2O2. The molecule has 2 fully saturated rings.